The fourth-order valence-corrected chi connectivity index (χ4v) is 3.11. The van der Waals surface area contributed by atoms with Gasteiger partial charge < -0.3 is 19.9 Å². The van der Waals surface area contributed by atoms with Crippen molar-refractivity contribution in [3.63, 3.8) is 0 Å². The molecular weight excluding hydrogens is 393 g/mol. The molecule has 0 aliphatic heterocycles. The van der Waals surface area contributed by atoms with Crippen LogP contribution in [0.15, 0.2) is 72.0 Å². The Morgan fingerprint density at radius 2 is 1.87 bits per heavy atom. The van der Waals surface area contributed by atoms with E-state index >= 15 is 0 Å². The van der Waals surface area contributed by atoms with E-state index < -0.39 is 0 Å². The van der Waals surface area contributed by atoms with E-state index in [1.165, 1.54) is 11.6 Å². The van der Waals surface area contributed by atoms with E-state index in [2.05, 4.69) is 37.3 Å². The second-order valence-corrected chi connectivity index (χ2v) is 7.11. The van der Waals surface area contributed by atoms with Gasteiger partial charge in [-0.1, -0.05) is 49.4 Å². The van der Waals surface area contributed by atoms with Gasteiger partial charge in [-0.3, -0.25) is 0 Å². The van der Waals surface area contributed by atoms with Gasteiger partial charge >= 0.3 is 0 Å². The first-order valence-corrected chi connectivity index (χ1v) is 10.7. The van der Waals surface area contributed by atoms with Crippen molar-refractivity contribution < 1.29 is 9.13 Å². The summed E-state index contributed by atoms with van der Waals surface area (Å²) in [4.78, 5) is 9.13. The number of para-hydroxylation sites is 1. The molecule has 31 heavy (non-hydrogen) atoms. The Balaban J connectivity index is 1.60. The number of benzene rings is 2. The van der Waals surface area contributed by atoms with Crippen molar-refractivity contribution in [2.45, 2.75) is 39.5 Å². The van der Waals surface area contributed by atoms with E-state index in [0.717, 1.165) is 25.3 Å². The molecule has 1 aromatic heterocycles. The number of nitrogens with one attached hydrogen (secondary N) is 2. The predicted molar refractivity (Wildman–Crippen MR) is 122 cm³/mol. The van der Waals surface area contributed by atoms with Crippen LogP contribution in [0.3, 0.4) is 0 Å². The first-order valence-electron chi connectivity index (χ1n) is 10.7. The predicted octanol–water partition coefficient (Wildman–Crippen LogP) is 3.98. The van der Waals surface area contributed by atoms with Gasteiger partial charge in [0.2, 0.25) is 0 Å². The fourth-order valence-electron chi connectivity index (χ4n) is 3.11. The minimum atomic E-state index is -0.355. The Bertz CT molecular complexity index is 957. The summed E-state index contributed by atoms with van der Waals surface area (Å²) in [7, 11) is 0. The Kier molecular flexibility index (Phi) is 8.46. The van der Waals surface area contributed by atoms with Crippen LogP contribution in [0.2, 0.25) is 0 Å². The topological polar surface area (TPSA) is 63.5 Å². The van der Waals surface area contributed by atoms with Gasteiger partial charge in [-0.25, -0.2) is 14.4 Å². The van der Waals surface area contributed by atoms with E-state index in [1.54, 1.807) is 24.4 Å². The SMILES string of the molecule is CCNC(=NCc1nccn1Cc1ccccc1)NCC(CC)Oc1ccccc1F. The van der Waals surface area contributed by atoms with Crippen molar-refractivity contribution in [1.29, 1.82) is 0 Å². The number of aromatic nitrogens is 2. The van der Waals surface area contributed by atoms with Crippen molar-refractivity contribution in [2.75, 3.05) is 13.1 Å². The summed E-state index contributed by atoms with van der Waals surface area (Å²) in [5.41, 5.74) is 1.21. The molecule has 0 aliphatic carbocycles. The molecule has 0 fully saturated rings. The number of rotatable bonds is 10. The molecule has 3 rings (SSSR count). The molecule has 6 nitrogen and oxygen atoms in total. The number of hydrogen-bond acceptors (Lipinski definition) is 3. The maximum Gasteiger partial charge on any atom is 0.191 e. The summed E-state index contributed by atoms with van der Waals surface area (Å²) < 4.78 is 21.8. The molecule has 2 N–H and O–H groups in total. The van der Waals surface area contributed by atoms with E-state index in [-0.39, 0.29) is 17.7 Å². The van der Waals surface area contributed by atoms with Crippen LogP contribution in [0.25, 0.3) is 0 Å². The number of nitrogens with zero attached hydrogens (tertiary/aromatic N) is 3. The summed E-state index contributed by atoms with van der Waals surface area (Å²) >= 11 is 0. The molecule has 2 aromatic carbocycles. The van der Waals surface area contributed by atoms with Crippen LogP contribution in [0, 0.1) is 5.82 Å². The number of aliphatic imine (C=N–C) groups is 1. The van der Waals surface area contributed by atoms with Crippen LogP contribution in [-0.4, -0.2) is 34.7 Å². The molecule has 1 heterocycles. The highest BCUT2D eigenvalue weighted by Gasteiger charge is 2.12. The second kappa shape index (κ2) is 11.7. The number of halogens is 1. The zero-order valence-electron chi connectivity index (χ0n) is 18.1. The molecule has 0 saturated heterocycles. The van der Waals surface area contributed by atoms with Crippen molar-refractivity contribution in [1.82, 2.24) is 20.2 Å². The smallest absolute Gasteiger partial charge is 0.191 e. The Morgan fingerprint density at radius 3 is 2.61 bits per heavy atom. The van der Waals surface area contributed by atoms with Gasteiger partial charge in [0.25, 0.3) is 0 Å². The maximum absolute atomic E-state index is 13.9. The summed E-state index contributed by atoms with van der Waals surface area (Å²) in [6, 6.07) is 16.7. The van der Waals surface area contributed by atoms with E-state index in [1.807, 2.05) is 38.2 Å². The normalized spacial score (nSPS) is 12.4. The van der Waals surface area contributed by atoms with Crippen molar-refractivity contribution in [2.24, 2.45) is 4.99 Å². The number of imidazole rings is 1. The van der Waals surface area contributed by atoms with Crippen LogP contribution >= 0.6 is 0 Å². The minimum Gasteiger partial charge on any atom is -0.486 e. The lowest BCUT2D eigenvalue weighted by Gasteiger charge is -2.20. The van der Waals surface area contributed by atoms with Crippen LogP contribution in [-0.2, 0) is 13.1 Å². The maximum atomic E-state index is 13.9. The molecular formula is C24H30FN5O. The molecule has 1 unspecified atom stereocenters. The largest absolute Gasteiger partial charge is 0.486 e. The molecule has 1 atom stereocenters. The first-order chi connectivity index (χ1) is 15.2. The highest BCUT2D eigenvalue weighted by Crippen LogP contribution is 2.17. The summed E-state index contributed by atoms with van der Waals surface area (Å²) in [5.74, 6) is 1.47. The van der Waals surface area contributed by atoms with Crippen molar-refractivity contribution in [3.8, 4) is 5.75 Å². The number of guanidine groups is 1. The van der Waals surface area contributed by atoms with Crippen LogP contribution < -0.4 is 15.4 Å². The van der Waals surface area contributed by atoms with Crippen LogP contribution in [0.5, 0.6) is 5.75 Å². The summed E-state index contributed by atoms with van der Waals surface area (Å²) in [5, 5.41) is 6.54. The lowest BCUT2D eigenvalue weighted by Crippen LogP contribution is -2.42. The monoisotopic (exact) mass is 423 g/mol. The quantitative estimate of drug-likeness (QED) is 0.382. The van der Waals surface area contributed by atoms with Gasteiger partial charge in [0.1, 0.15) is 18.5 Å². The second-order valence-electron chi connectivity index (χ2n) is 7.11. The van der Waals surface area contributed by atoms with E-state index in [0.29, 0.717) is 19.0 Å². The highest BCUT2D eigenvalue weighted by molar-refractivity contribution is 5.79. The van der Waals surface area contributed by atoms with Crippen molar-refractivity contribution >= 4 is 5.96 Å². The Morgan fingerprint density at radius 1 is 1.10 bits per heavy atom. The van der Waals surface area contributed by atoms with Gasteiger partial charge in [0.05, 0.1) is 6.54 Å². The molecule has 0 amide bonds. The van der Waals surface area contributed by atoms with Gasteiger partial charge in [-0.05, 0) is 31.0 Å². The van der Waals surface area contributed by atoms with Crippen LogP contribution in [0.4, 0.5) is 4.39 Å². The average molecular weight is 424 g/mol. The Labute approximate surface area is 183 Å². The lowest BCUT2D eigenvalue weighted by molar-refractivity contribution is 0.191. The van der Waals surface area contributed by atoms with Gasteiger partial charge in [-0.15, -0.1) is 0 Å². The Hall–Kier alpha value is -3.35. The molecule has 0 radical (unpaired) electrons. The molecule has 0 saturated carbocycles. The van der Waals surface area contributed by atoms with Gasteiger partial charge in [0, 0.05) is 25.5 Å². The molecule has 7 heteroatoms. The summed E-state index contributed by atoms with van der Waals surface area (Å²) in [6.45, 7) is 6.47. The lowest BCUT2D eigenvalue weighted by atomic mass is 10.2. The first kappa shape index (κ1) is 22.3. The third-order valence-corrected chi connectivity index (χ3v) is 4.80. The average Bonchev–Trinajstić information content (AvgIpc) is 3.23. The molecule has 164 valence electrons. The van der Waals surface area contributed by atoms with Crippen molar-refractivity contribution in [3.05, 3.63) is 84.2 Å². The zero-order chi connectivity index (χ0) is 21.9. The molecule has 0 aliphatic rings. The summed E-state index contributed by atoms with van der Waals surface area (Å²) in [6.07, 6.45) is 4.32. The minimum absolute atomic E-state index is 0.180. The molecule has 0 spiro atoms. The van der Waals surface area contributed by atoms with E-state index in [4.69, 9.17) is 4.74 Å². The third kappa shape index (κ3) is 6.84. The van der Waals surface area contributed by atoms with E-state index in [9.17, 15) is 4.39 Å². The molecule has 0 bridgehead atoms. The highest BCUT2D eigenvalue weighted by atomic mass is 19.1. The van der Waals surface area contributed by atoms with Crippen LogP contribution in [0.1, 0.15) is 31.7 Å². The zero-order valence-corrected chi connectivity index (χ0v) is 18.1. The third-order valence-electron chi connectivity index (χ3n) is 4.80. The fraction of sp³-hybridized carbons (Fsp3) is 0.333. The molecule has 3 aromatic rings. The number of ether oxygens (including phenoxy) is 1. The van der Waals surface area contributed by atoms with Gasteiger partial charge in [0.15, 0.2) is 17.5 Å². The van der Waals surface area contributed by atoms with Gasteiger partial charge in [-0.2, -0.15) is 0 Å². The standard InChI is InChI=1S/C24H30FN5O/c1-3-20(31-22-13-9-8-12-21(22)25)16-28-24(26-4-2)29-17-23-27-14-15-30(23)18-19-10-6-5-7-11-19/h5-15,20H,3-4,16-18H2,1-2H3,(H2,26,28,29). The number of hydrogen-bond donors (Lipinski definition) is 2.